The zero-order valence-corrected chi connectivity index (χ0v) is 11.0. The van der Waals surface area contributed by atoms with Crippen LogP contribution in [-0.2, 0) is 14.6 Å². The number of sulfone groups is 1. The summed E-state index contributed by atoms with van der Waals surface area (Å²) in [7, 11) is -2.93. The second kappa shape index (κ2) is 4.94. The van der Waals surface area contributed by atoms with E-state index in [0.29, 0.717) is 25.6 Å². The van der Waals surface area contributed by atoms with Crippen LogP contribution in [0.1, 0.15) is 26.2 Å². The Morgan fingerprint density at radius 2 is 2.12 bits per heavy atom. The highest BCUT2D eigenvalue weighted by Crippen LogP contribution is 2.18. The molecule has 2 fully saturated rings. The largest absolute Gasteiger partial charge is 0.338 e. The first kappa shape index (κ1) is 12.8. The fourth-order valence-corrected chi connectivity index (χ4v) is 3.74. The smallest absolute Gasteiger partial charge is 0.224 e. The molecule has 0 radical (unpaired) electrons. The molecule has 2 rings (SSSR count). The highest BCUT2D eigenvalue weighted by Gasteiger charge is 2.31. The Hall–Kier alpha value is -0.620. The van der Waals surface area contributed by atoms with Crippen LogP contribution >= 0.6 is 0 Å². The van der Waals surface area contributed by atoms with Gasteiger partial charge in [-0.1, -0.05) is 0 Å². The lowest BCUT2D eigenvalue weighted by Gasteiger charge is -2.33. The van der Waals surface area contributed by atoms with Gasteiger partial charge in [0.15, 0.2) is 9.84 Å². The molecule has 1 amide bonds. The third-order valence-corrected chi connectivity index (χ3v) is 5.13. The number of hydrogen-bond donors (Lipinski definition) is 1. The summed E-state index contributed by atoms with van der Waals surface area (Å²) in [6.07, 6.45) is 2.90. The van der Waals surface area contributed by atoms with Crippen molar-refractivity contribution in [2.75, 3.05) is 24.6 Å². The number of nitrogens with zero attached hydrogens (tertiary/aromatic N) is 1. The van der Waals surface area contributed by atoms with Crippen molar-refractivity contribution in [3.05, 3.63) is 0 Å². The minimum Gasteiger partial charge on any atom is -0.338 e. The number of rotatable bonds is 4. The van der Waals surface area contributed by atoms with Crippen molar-refractivity contribution in [2.24, 2.45) is 0 Å². The monoisotopic (exact) mass is 260 g/mol. The van der Waals surface area contributed by atoms with E-state index in [1.807, 2.05) is 6.92 Å². The summed E-state index contributed by atoms with van der Waals surface area (Å²) in [5.74, 6) is 0.286. The van der Waals surface area contributed by atoms with Crippen molar-refractivity contribution in [1.29, 1.82) is 0 Å². The fraction of sp³-hybridized carbons (Fsp3) is 0.909. The molecule has 0 aromatic carbocycles. The van der Waals surface area contributed by atoms with Gasteiger partial charge < -0.3 is 10.2 Å². The van der Waals surface area contributed by atoms with Gasteiger partial charge in [-0.25, -0.2) is 8.42 Å². The van der Waals surface area contributed by atoms with Crippen LogP contribution in [0.25, 0.3) is 0 Å². The van der Waals surface area contributed by atoms with E-state index in [0.717, 1.165) is 0 Å². The normalized spacial score (nSPS) is 28.1. The number of hydrogen-bond acceptors (Lipinski definition) is 4. The molecule has 98 valence electrons. The maximum Gasteiger partial charge on any atom is 0.224 e. The van der Waals surface area contributed by atoms with Crippen LogP contribution in [0.5, 0.6) is 0 Å². The molecule has 0 bridgehead atoms. The van der Waals surface area contributed by atoms with Crippen molar-refractivity contribution in [1.82, 2.24) is 10.2 Å². The lowest BCUT2D eigenvalue weighted by molar-refractivity contribution is -0.132. The number of nitrogens with one attached hydrogen (secondary N) is 1. The maximum atomic E-state index is 11.9. The Kier molecular flexibility index (Phi) is 3.73. The van der Waals surface area contributed by atoms with Crippen molar-refractivity contribution >= 4 is 15.7 Å². The molecule has 1 aliphatic carbocycles. The van der Waals surface area contributed by atoms with E-state index in [1.54, 1.807) is 4.90 Å². The van der Waals surface area contributed by atoms with Gasteiger partial charge in [0, 0.05) is 31.6 Å². The van der Waals surface area contributed by atoms with E-state index in [4.69, 9.17) is 0 Å². The van der Waals surface area contributed by atoms with Crippen LogP contribution in [0, 0.1) is 0 Å². The third kappa shape index (κ3) is 3.67. The second-order valence-corrected chi connectivity index (χ2v) is 7.26. The van der Waals surface area contributed by atoms with E-state index in [1.165, 1.54) is 12.8 Å². The summed E-state index contributed by atoms with van der Waals surface area (Å²) < 4.78 is 22.8. The van der Waals surface area contributed by atoms with Crippen molar-refractivity contribution in [2.45, 2.75) is 38.3 Å². The summed E-state index contributed by atoms with van der Waals surface area (Å²) in [6, 6.07) is 0.434. The van der Waals surface area contributed by atoms with Crippen LogP contribution in [0.3, 0.4) is 0 Å². The molecule has 2 aliphatic rings. The van der Waals surface area contributed by atoms with Gasteiger partial charge in [-0.3, -0.25) is 4.79 Å². The molecule has 5 nitrogen and oxygen atoms in total. The highest BCUT2D eigenvalue weighted by molar-refractivity contribution is 7.91. The first-order valence-corrected chi connectivity index (χ1v) is 8.03. The summed E-state index contributed by atoms with van der Waals surface area (Å²) in [4.78, 5) is 13.6. The molecule has 1 saturated carbocycles. The number of amides is 1. The van der Waals surface area contributed by atoms with E-state index in [2.05, 4.69) is 5.32 Å². The predicted molar refractivity (Wildman–Crippen MR) is 65.5 cm³/mol. The zero-order valence-electron chi connectivity index (χ0n) is 10.2. The molecule has 0 aromatic rings. The Bertz CT molecular complexity index is 390. The first-order chi connectivity index (χ1) is 7.98. The van der Waals surface area contributed by atoms with Crippen LogP contribution in [-0.4, -0.2) is 55.9 Å². The Balaban J connectivity index is 1.78. The van der Waals surface area contributed by atoms with E-state index in [-0.39, 0.29) is 23.5 Å². The molecule has 1 atom stereocenters. The zero-order chi connectivity index (χ0) is 12.5. The summed E-state index contributed by atoms with van der Waals surface area (Å²) in [5.41, 5.74) is 0. The standard InChI is InChI=1S/C11H20N2O3S/c1-9-8-17(15,16)7-6-13(9)11(14)4-5-12-10-2-3-10/h9-10,12H,2-8H2,1H3. The maximum absolute atomic E-state index is 11.9. The van der Waals surface area contributed by atoms with Crippen molar-refractivity contribution in [3.8, 4) is 0 Å². The van der Waals surface area contributed by atoms with Crippen LogP contribution in [0.2, 0.25) is 0 Å². The fourth-order valence-electron chi connectivity index (χ4n) is 2.18. The Labute approximate surface area is 102 Å². The van der Waals surface area contributed by atoms with E-state index < -0.39 is 9.84 Å². The SMILES string of the molecule is CC1CS(=O)(=O)CCN1C(=O)CCNC1CC1. The lowest BCUT2D eigenvalue weighted by atomic mass is 10.2. The van der Waals surface area contributed by atoms with Gasteiger partial charge >= 0.3 is 0 Å². The summed E-state index contributed by atoms with van der Waals surface area (Å²) >= 11 is 0. The molecular weight excluding hydrogens is 240 g/mol. The molecule has 0 spiro atoms. The highest BCUT2D eigenvalue weighted by atomic mass is 32.2. The first-order valence-electron chi connectivity index (χ1n) is 6.21. The molecule has 1 saturated heterocycles. The van der Waals surface area contributed by atoms with Crippen LogP contribution < -0.4 is 5.32 Å². The predicted octanol–water partition coefficient (Wildman–Crippen LogP) is -0.226. The molecule has 1 unspecified atom stereocenters. The molecule has 1 aliphatic heterocycles. The molecule has 17 heavy (non-hydrogen) atoms. The summed E-state index contributed by atoms with van der Waals surface area (Å²) in [5, 5.41) is 3.29. The van der Waals surface area contributed by atoms with Crippen LogP contribution in [0.4, 0.5) is 0 Å². The minimum atomic E-state index is -2.93. The Morgan fingerprint density at radius 3 is 2.71 bits per heavy atom. The molecule has 1 heterocycles. The van der Waals surface area contributed by atoms with Gasteiger partial charge in [0.2, 0.25) is 5.91 Å². The number of carbonyl (C=O) groups is 1. The van der Waals surface area contributed by atoms with Crippen molar-refractivity contribution < 1.29 is 13.2 Å². The van der Waals surface area contributed by atoms with Gasteiger partial charge in [-0.2, -0.15) is 0 Å². The van der Waals surface area contributed by atoms with Gasteiger partial charge in [0.25, 0.3) is 0 Å². The quantitative estimate of drug-likeness (QED) is 0.758. The third-order valence-electron chi connectivity index (χ3n) is 3.34. The van der Waals surface area contributed by atoms with Gasteiger partial charge in [0.05, 0.1) is 11.5 Å². The van der Waals surface area contributed by atoms with Gasteiger partial charge in [-0.15, -0.1) is 0 Å². The Morgan fingerprint density at radius 1 is 1.41 bits per heavy atom. The van der Waals surface area contributed by atoms with E-state index in [9.17, 15) is 13.2 Å². The van der Waals surface area contributed by atoms with E-state index >= 15 is 0 Å². The average molecular weight is 260 g/mol. The van der Waals surface area contributed by atoms with Gasteiger partial charge in [0.1, 0.15) is 0 Å². The molecule has 0 aromatic heterocycles. The molecular formula is C11H20N2O3S. The second-order valence-electron chi connectivity index (χ2n) is 5.03. The van der Waals surface area contributed by atoms with Gasteiger partial charge in [-0.05, 0) is 19.8 Å². The average Bonchev–Trinajstić information content (AvgIpc) is 2.99. The van der Waals surface area contributed by atoms with Crippen LogP contribution in [0.15, 0.2) is 0 Å². The van der Waals surface area contributed by atoms with Crippen molar-refractivity contribution in [3.63, 3.8) is 0 Å². The summed E-state index contributed by atoms with van der Waals surface area (Å²) in [6.45, 7) is 2.87. The lowest BCUT2D eigenvalue weighted by Crippen LogP contribution is -2.50. The molecule has 6 heteroatoms. The topological polar surface area (TPSA) is 66.5 Å². The minimum absolute atomic E-state index is 0.0700. The molecule has 1 N–H and O–H groups in total. The number of carbonyl (C=O) groups excluding carboxylic acids is 1.